The molecule has 0 saturated carbocycles. The maximum Gasteiger partial charge on any atom is 0.147 e. The average Bonchev–Trinajstić information content (AvgIpc) is 1.88. The molecule has 0 fully saturated rings. The molecule has 2 nitrogen and oxygen atoms in total. The Balaban J connectivity index is 3.17. The smallest absolute Gasteiger partial charge is 0.147 e. The summed E-state index contributed by atoms with van der Waals surface area (Å²) < 4.78 is 13.5. The van der Waals surface area contributed by atoms with Gasteiger partial charge in [-0.15, -0.1) is 0 Å². The molecule has 1 rings (SSSR count). The van der Waals surface area contributed by atoms with Crippen LogP contribution in [-0.2, 0) is 6.54 Å². The molecule has 2 N–H and O–H groups in total. The standard InChI is InChI=1S/C6H6FIN2/c7-5-2-10-3-6(8)4(5)1-9/h2-3H,1,9H2. The fraction of sp³-hybridized carbons (Fsp3) is 0.167. The van der Waals surface area contributed by atoms with E-state index in [1.165, 1.54) is 6.20 Å². The van der Waals surface area contributed by atoms with E-state index in [9.17, 15) is 4.39 Å². The molecule has 1 aromatic heterocycles. The molecular formula is C6H6FIN2. The number of halogens is 2. The lowest BCUT2D eigenvalue weighted by Crippen LogP contribution is -2.02. The van der Waals surface area contributed by atoms with E-state index in [0.29, 0.717) is 5.56 Å². The number of hydrogen-bond donors (Lipinski definition) is 1. The Labute approximate surface area is 71.8 Å². The van der Waals surface area contributed by atoms with Gasteiger partial charge in [0.2, 0.25) is 0 Å². The van der Waals surface area contributed by atoms with Gasteiger partial charge in [-0.05, 0) is 22.6 Å². The van der Waals surface area contributed by atoms with Gasteiger partial charge in [0.25, 0.3) is 0 Å². The summed E-state index contributed by atoms with van der Waals surface area (Å²) in [7, 11) is 0. The molecule has 0 aliphatic rings. The zero-order chi connectivity index (χ0) is 7.56. The summed E-state index contributed by atoms with van der Waals surface area (Å²) >= 11 is 2.00. The molecule has 0 amide bonds. The van der Waals surface area contributed by atoms with Crippen LogP contribution in [0.4, 0.5) is 4.39 Å². The number of hydrogen-bond acceptors (Lipinski definition) is 2. The molecule has 54 valence electrons. The molecule has 10 heavy (non-hydrogen) atoms. The molecule has 1 aromatic rings. The largest absolute Gasteiger partial charge is 0.326 e. The molecule has 0 atom stereocenters. The van der Waals surface area contributed by atoms with E-state index in [2.05, 4.69) is 4.98 Å². The highest BCUT2D eigenvalue weighted by Crippen LogP contribution is 2.12. The van der Waals surface area contributed by atoms with Crippen LogP contribution >= 0.6 is 22.6 Å². The van der Waals surface area contributed by atoms with Gasteiger partial charge in [-0.25, -0.2) is 4.39 Å². The van der Waals surface area contributed by atoms with Gasteiger partial charge < -0.3 is 5.73 Å². The summed E-state index contributed by atoms with van der Waals surface area (Å²) in [6.45, 7) is 0.229. The second kappa shape index (κ2) is 3.25. The summed E-state index contributed by atoms with van der Waals surface area (Å²) in [5.74, 6) is -0.325. The van der Waals surface area contributed by atoms with Crippen molar-refractivity contribution in [2.24, 2.45) is 5.73 Å². The first-order valence-corrected chi connectivity index (χ1v) is 3.81. The molecule has 0 radical (unpaired) electrons. The van der Waals surface area contributed by atoms with Crippen molar-refractivity contribution in [1.82, 2.24) is 4.98 Å². The predicted molar refractivity (Wildman–Crippen MR) is 44.8 cm³/mol. The third kappa shape index (κ3) is 1.43. The van der Waals surface area contributed by atoms with Crippen molar-refractivity contribution in [2.75, 3.05) is 0 Å². The lowest BCUT2D eigenvalue weighted by atomic mass is 10.3. The third-order valence-corrected chi connectivity index (χ3v) is 2.09. The number of nitrogens with zero attached hydrogens (tertiary/aromatic N) is 1. The molecule has 0 spiro atoms. The first-order chi connectivity index (χ1) is 4.75. The van der Waals surface area contributed by atoms with Crippen LogP contribution in [0.3, 0.4) is 0 Å². The number of nitrogens with two attached hydrogens (primary N) is 1. The van der Waals surface area contributed by atoms with Crippen LogP contribution in [0.2, 0.25) is 0 Å². The fourth-order valence-corrected chi connectivity index (χ4v) is 1.27. The van der Waals surface area contributed by atoms with Gasteiger partial charge in [0.15, 0.2) is 0 Å². The predicted octanol–water partition coefficient (Wildman–Crippen LogP) is 1.28. The highest BCUT2D eigenvalue weighted by atomic mass is 127. The Kier molecular flexibility index (Phi) is 2.56. The second-order valence-electron chi connectivity index (χ2n) is 1.79. The van der Waals surface area contributed by atoms with E-state index in [1.807, 2.05) is 22.6 Å². The Bertz CT molecular complexity index is 219. The van der Waals surface area contributed by atoms with Crippen molar-refractivity contribution < 1.29 is 4.39 Å². The van der Waals surface area contributed by atoms with Crippen molar-refractivity contribution in [3.8, 4) is 0 Å². The molecule has 1 heterocycles. The first kappa shape index (κ1) is 7.87. The quantitative estimate of drug-likeness (QED) is 0.765. The highest BCUT2D eigenvalue weighted by Gasteiger charge is 2.02. The number of rotatable bonds is 1. The normalized spacial score (nSPS) is 9.90. The second-order valence-corrected chi connectivity index (χ2v) is 2.95. The Morgan fingerprint density at radius 2 is 2.30 bits per heavy atom. The number of pyridine rings is 1. The Hall–Kier alpha value is -0.230. The maximum absolute atomic E-state index is 12.7. The van der Waals surface area contributed by atoms with E-state index in [0.717, 1.165) is 3.57 Å². The van der Waals surface area contributed by atoms with Crippen molar-refractivity contribution >= 4 is 22.6 Å². The SMILES string of the molecule is NCc1c(F)cncc1I. The van der Waals surface area contributed by atoms with Crippen LogP contribution < -0.4 is 5.73 Å². The summed E-state index contributed by atoms with van der Waals surface area (Å²) in [6.07, 6.45) is 2.76. The topological polar surface area (TPSA) is 38.9 Å². The fourth-order valence-electron chi connectivity index (χ4n) is 0.633. The molecule has 0 saturated heterocycles. The van der Waals surface area contributed by atoms with Gasteiger partial charge in [0, 0.05) is 21.9 Å². The summed E-state index contributed by atoms with van der Waals surface area (Å²) in [5.41, 5.74) is 5.82. The van der Waals surface area contributed by atoms with Gasteiger partial charge in [0.1, 0.15) is 5.82 Å². The molecule has 0 aromatic carbocycles. The minimum atomic E-state index is -0.325. The van der Waals surface area contributed by atoms with Crippen LogP contribution in [0, 0.1) is 9.39 Å². The molecule has 4 heteroatoms. The van der Waals surface area contributed by atoms with Crippen molar-refractivity contribution in [2.45, 2.75) is 6.54 Å². The average molecular weight is 252 g/mol. The Morgan fingerprint density at radius 1 is 1.60 bits per heavy atom. The monoisotopic (exact) mass is 252 g/mol. The molecular weight excluding hydrogens is 246 g/mol. The lowest BCUT2D eigenvalue weighted by molar-refractivity contribution is 0.602. The Morgan fingerprint density at radius 3 is 2.70 bits per heavy atom. The number of aromatic nitrogens is 1. The van der Waals surface area contributed by atoms with E-state index < -0.39 is 0 Å². The third-order valence-electron chi connectivity index (χ3n) is 1.16. The van der Waals surface area contributed by atoms with E-state index in [-0.39, 0.29) is 12.4 Å². The van der Waals surface area contributed by atoms with Crippen molar-refractivity contribution in [3.05, 3.63) is 27.3 Å². The van der Waals surface area contributed by atoms with Gasteiger partial charge in [0.05, 0.1) is 6.20 Å². The summed E-state index contributed by atoms with van der Waals surface area (Å²) in [6, 6.07) is 0. The molecule has 0 aliphatic carbocycles. The zero-order valence-electron chi connectivity index (χ0n) is 5.14. The van der Waals surface area contributed by atoms with Gasteiger partial charge in [-0.1, -0.05) is 0 Å². The maximum atomic E-state index is 12.7. The minimum absolute atomic E-state index is 0.229. The zero-order valence-corrected chi connectivity index (χ0v) is 7.30. The highest BCUT2D eigenvalue weighted by molar-refractivity contribution is 14.1. The van der Waals surface area contributed by atoms with E-state index >= 15 is 0 Å². The van der Waals surface area contributed by atoms with Crippen LogP contribution in [0.5, 0.6) is 0 Å². The first-order valence-electron chi connectivity index (χ1n) is 2.73. The van der Waals surface area contributed by atoms with Gasteiger partial charge in [-0.3, -0.25) is 4.98 Å². The summed E-state index contributed by atoms with van der Waals surface area (Å²) in [4.78, 5) is 3.65. The molecule has 0 unspecified atom stereocenters. The van der Waals surface area contributed by atoms with Crippen LogP contribution in [0.1, 0.15) is 5.56 Å². The van der Waals surface area contributed by atoms with Crippen LogP contribution in [0.15, 0.2) is 12.4 Å². The molecule has 0 aliphatic heterocycles. The van der Waals surface area contributed by atoms with Crippen LogP contribution in [-0.4, -0.2) is 4.98 Å². The molecule has 0 bridgehead atoms. The minimum Gasteiger partial charge on any atom is -0.326 e. The van der Waals surface area contributed by atoms with Crippen molar-refractivity contribution in [1.29, 1.82) is 0 Å². The van der Waals surface area contributed by atoms with Crippen LogP contribution in [0.25, 0.3) is 0 Å². The van der Waals surface area contributed by atoms with Crippen molar-refractivity contribution in [3.63, 3.8) is 0 Å². The summed E-state index contributed by atoms with van der Waals surface area (Å²) in [5, 5.41) is 0. The van der Waals surface area contributed by atoms with Gasteiger partial charge in [-0.2, -0.15) is 0 Å². The van der Waals surface area contributed by atoms with Gasteiger partial charge >= 0.3 is 0 Å². The van der Waals surface area contributed by atoms with E-state index in [4.69, 9.17) is 5.73 Å². The van der Waals surface area contributed by atoms with E-state index in [1.54, 1.807) is 6.20 Å². The lowest BCUT2D eigenvalue weighted by Gasteiger charge is -1.99.